The number of esters is 2. The quantitative estimate of drug-likeness (QED) is 0.0211. The van der Waals surface area contributed by atoms with Crippen LogP contribution in [-0.4, -0.2) is 87.4 Å². The number of carboxylic acids is 1. The van der Waals surface area contributed by atoms with Gasteiger partial charge in [-0.25, -0.2) is 4.79 Å². The molecule has 0 aromatic rings. The Kier molecular flexibility index (Phi) is 51.4. The van der Waals surface area contributed by atoms with Crippen LogP contribution in [0.3, 0.4) is 0 Å². The SMILES string of the molecule is CC/C=C\C/C=C\C/C=C\C/C=C\C/C=C\C/C=C\C/C=C\CCCCCCCCCC(=O)OC(COC(=O)CCCC/C=C\C/C=C\C/C=C\C/C=C\C/C=C\C/C=C\CC)COC(OCC[N+](C)(C)C)C(=O)O. The Morgan fingerprint density at radius 1 is 0.400 bits per heavy atom. The number of aliphatic carboxylic acids is 1. The maximum absolute atomic E-state index is 12.9. The second-order valence-electron chi connectivity index (χ2n) is 19.5. The van der Waals surface area contributed by atoms with Gasteiger partial charge in [-0.2, -0.15) is 0 Å². The van der Waals surface area contributed by atoms with Gasteiger partial charge in [0.25, 0.3) is 6.29 Å². The first-order chi connectivity index (χ1) is 36.6. The molecule has 0 rings (SSSR count). The van der Waals surface area contributed by atoms with Crippen molar-refractivity contribution in [1.82, 2.24) is 0 Å². The minimum Gasteiger partial charge on any atom is -0.477 e. The van der Waals surface area contributed by atoms with Crippen LogP contribution in [0.2, 0.25) is 0 Å². The Morgan fingerprint density at radius 2 is 0.720 bits per heavy atom. The first-order valence-corrected chi connectivity index (χ1v) is 28.6. The molecule has 9 heteroatoms. The number of carbonyl (C=O) groups excluding carboxylic acids is 2. The van der Waals surface area contributed by atoms with E-state index in [1.165, 1.54) is 19.3 Å². The first kappa shape index (κ1) is 69.9. The van der Waals surface area contributed by atoms with Crippen molar-refractivity contribution in [2.24, 2.45) is 0 Å². The van der Waals surface area contributed by atoms with E-state index in [4.69, 9.17) is 18.9 Å². The van der Waals surface area contributed by atoms with Gasteiger partial charge in [0.15, 0.2) is 6.10 Å². The summed E-state index contributed by atoms with van der Waals surface area (Å²) in [6.07, 6.45) is 78.9. The molecule has 75 heavy (non-hydrogen) atoms. The normalized spacial score (nSPS) is 14.0. The predicted octanol–water partition coefficient (Wildman–Crippen LogP) is 17.0. The molecule has 2 unspecified atom stereocenters. The fourth-order valence-electron chi connectivity index (χ4n) is 6.94. The van der Waals surface area contributed by atoms with Gasteiger partial charge >= 0.3 is 17.9 Å². The van der Waals surface area contributed by atoms with Crippen LogP contribution in [0.4, 0.5) is 0 Å². The highest BCUT2D eigenvalue weighted by atomic mass is 16.7. The van der Waals surface area contributed by atoms with Crippen LogP contribution in [0.15, 0.2) is 158 Å². The van der Waals surface area contributed by atoms with Gasteiger partial charge < -0.3 is 28.5 Å². The average Bonchev–Trinajstić information content (AvgIpc) is 3.38. The van der Waals surface area contributed by atoms with Crippen LogP contribution in [0, 0.1) is 0 Å². The third-order valence-corrected chi connectivity index (χ3v) is 11.3. The van der Waals surface area contributed by atoms with Crippen LogP contribution in [-0.2, 0) is 33.3 Å². The number of hydrogen-bond acceptors (Lipinski definition) is 7. The zero-order valence-corrected chi connectivity index (χ0v) is 47.6. The van der Waals surface area contributed by atoms with E-state index >= 15 is 0 Å². The van der Waals surface area contributed by atoms with Crippen molar-refractivity contribution in [1.29, 1.82) is 0 Å². The maximum atomic E-state index is 12.9. The molecule has 1 N–H and O–H groups in total. The number of nitrogens with zero attached hydrogens (tertiary/aromatic N) is 1. The number of likely N-dealkylation sites (N-methyl/N-ethyl adjacent to an activating group) is 1. The standard InChI is InChI=1S/C66H103NO8/c1-6-8-10-12-14-16-18-20-22-24-26-28-29-30-31-32-33-34-35-37-39-41-43-45-47-49-51-53-55-57-64(69)75-62(61-74-66(65(70)71)72-59-58-67(3,4)5)60-73-63(68)56-54-52-50-48-46-44-42-40-38-36-27-25-23-21-19-17-15-13-11-9-7-2/h8-11,14-17,20-23,26-28,30-31,33-34,36-37,39-40,42,46,48,62,66H,6-7,12-13,18-19,24-25,29,32,35,38,41,43-45,47,49-61H2,1-5H3/p+1/b10-8-,11-9-,16-14-,17-15-,22-20-,23-21-,28-26-,31-30-,34-33-,36-27-,39-37-,42-40-,48-46-. The molecule has 0 bridgehead atoms. The van der Waals surface area contributed by atoms with Crippen molar-refractivity contribution in [3.8, 4) is 0 Å². The third-order valence-electron chi connectivity index (χ3n) is 11.3. The van der Waals surface area contributed by atoms with E-state index in [2.05, 4.69) is 172 Å². The maximum Gasteiger partial charge on any atom is 0.361 e. The van der Waals surface area contributed by atoms with Crippen molar-refractivity contribution in [2.75, 3.05) is 47.5 Å². The highest BCUT2D eigenvalue weighted by Crippen LogP contribution is 2.13. The fourth-order valence-corrected chi connectivity index (χ4v) is 6.94. The van der Waals surface area contributed by atoms with Gasteiger partial charge in [-0.05, 0) is 122 Å². The minimum atomic E-state index is -1.54. The minimum absolute atomic E-state index is 0.168. The van der Waals surface area contributed by atoms with Crippen LogP contribution >= 0.6 is 0 Å². The Labute approximate surface area is 457 Å². The summed E-state index contributed by atoms with van der Waals surface area (Å²) in [5, 5.41) is 9.70. The Bertz CT molecular complexity index is 1780. The Morgan fingerprint density at radius 3 is 1.09 bits per heavy atom. The number of unbranched alkanes of at least 4 members (excludes halogenated alkanes) is 9. The predicted molar refractivity (Wildman–Crippen MR) is 317 cm³/mol. The van der Waals surface area contributed by atoms with Crippen LogP contribution in [0.5, 0.6) is 0 Å². The summed E-state index contributed by atoms with van der Waals surface area (Å²) >= 11 is 0. The van der Waals surface area contributed by atoms with E-state index < -0.39 is 30.3 Å². The van der Waals surface area contributed by atoms with Crippen molar-refractivity contribution < 1.29 is 42.9 Å². The number of rotatable bonds is 50. The lowest BCUT2D eigenvalue weighted by molar-refractivity contribution is -0.870. The molecule has 0 heterocycles. The lowest BCUT2D eigenvalue weighted by Gasteiger charge is -2.25. The van der Waals surface area contributed by atoms with Gasteiger partial charge in [-0.3, -0.25) is 9.59 Å². The van der Waals surface area contributed by atoms with E-state index in [1.54, 1.807) is 0 Å². The van der Waals surface area contributed by atoms with Crippen molar-refractivity contribution in [3.05, 3.63) is 158 Å². The molecule has 0 aliphatic heterocycles. The van der Waals surface area contributed by atoms with Gasteiger partial charge in [-0.15, -0.1) is 0 Å². The molecule has 0 aromatic heterocycles. The number of carboxylic acid groups (broad SMARTS) is 1. The molecule has 0 aliphatic rings. The highest BCUT2D eigenvalue weighted by molar-refractivity contribution is 5.71. The van der Waals surface area contributed by atoms with Gasteiger partial charge in [0.05, 0.1) is 34.4 Å². The fraction of sp³-hybridized carbons (Fsp3) is 0.561. The van der Waals surface area contributed by atoms with E-state index in [1.807, 2.05) is 21.1 Å². The summed E-state index contributed by atoms with van der Waals surface area (Å²) < 4.78 is 22.8. The molecule has 0 saturated carbocycles. The molecule has 420 valence electrons. The van der Waals surface area contributed by atoms with E-state index in [0.29, 0.717) is 23.9 Å². The smallest absolute Gasteiger partial charge is 0.361 e. The summed E-state index contributed by atoms with van der Waals surface area (Å²) in [4.78, 5) is 37.4. The summed E-state index contributed by atoms with van der Waals surface area (Å²) in [6, 6.07) is 0. The number of carbonyl (C=O) groups is 3. The Balaban J connectivity index is 4.40. The molecule has 0 amide bonds. The summed E-state index contributed by atoms with van der Waals surface area (Å²) in [6.45, 7) is 4.55. The molecule has 0 aromatic carbocycles. The molecule has 2 atom stereocenters. The van der Waals surface area contributed by atoms with Crippen molar-refractivity contribution in [2.45, 2.75) is 193 Å². The number of hydrogen-bond donors (Lipinski definition) is 1. The van der Waals surface area contributed by atoms with Gasteiger partial charge in [0, 0.05) is 12.8 Å². The van der Waals surface area contributed by atoms with E-state index in [9.17, 15) is 19.5 Å². The summed E-state index contributed by atoms with van der Waals surface area (Å²) in [7, 11) is 5.93. The molecule has 0 spiro atoms. The summed E-state index contributed by atoms with van der Waals surface area (Å²) in [5.41, 5.74) is 0. The topological polar surface area (TPSA) is 108 Å². The van der Waals surface area contributed by atoms with Crippen LogP contribution < -0.4 is 0 Å². The number of quaternary nitrogens is 1. The Hall–Kier alpha value is -5.09. The third kappa shape index (κ3) is 56.5. The van der Waals surface area contributed by atoms with Crippen molar-refractivity contribution in [3.63, 3.8) is 0 Å². The number of allylic oxidation sites excluding steroid dienone is 26. The molecule has 0 saturated heterocycles. The molecular formula is C66H104NO8+. The molecule has 0 radical (unpaired) electrons. The van der Waals surface area contributed by atoms with Crippen LogP contribution in [0.25, 0.3) is 0 Å². The molecular weight excluding hydrogens is 935 g/mol. The highest BCUT2D eigenvalue weighted by Gasteiger charge is 2.25. The molecule has 9 nitrogen and oxygen atoms in total. The largest absolute Gasteiger partial charge is 0.477 e. The number of ether oxygens (including phenoxy) is 4. The lowest BCUT2D eigenvalue weighted by Crippen LogP contribution is -2.40. The second kappa shape index (κ2) is 55.2. The van der Waals surface area contributed by atoms with Gasteiger partial charge in [0.1, 0.15) is 13.2 Å². The molecule has 0 aliphatic carbocycles. The zero-order valence-electron chi connectivity index (χ0n) is 47.6. The average molecular weight is 1040 g/mol. The zero-order chi connectivity index (χ0) is 54.8. The van der Waals surface area contributed by atoms with E-state index in [-0.39, 0.29) is 32.7 Å². The van der Waals surface area contributed by atoms with Crippen LogP contribution in [0.1, 0.15) is 181 Å². The molecule has 0 fully saturated rings. The van der Waals surface area contributed by atoms with E-state index in [0.717, 1.165) is 122 Å². The van der Waals surface area contributed by atoms with Crippen molar-refractivity contribution >= 4 is 17.9 Å². The summed E-state index contributed by atoms with van der Waals surface area (Å²) in [5.74, 6) is -2.10. The first-order valence-electron chi connectivity index (χ1n) is 28.6. The monoisotopic (exact) mass is 1040 g/mol. The second-order valence-corrected chi connectivity index (χ2v) is 19.5. The van der Waals surface area contributed by atoms with Gasteiger partial charge in [-0.1, -0.05) is 204 Å². The lowest BCUT2D eigenvalue weighted by atomic mass is 10.1. The van der Waals surface area contributed by atoms with Gasteiger partial charge in [0.2, 0.25) is 0 Å².